The van der Waals surface area contributed by atoms with Gasteiger partial charge in [-0.3, -0.25) is 14.4 Å². The fourth-order valence-electron chi connectivity index (χ4n) is 7.73. The quantitative estimate of drug-likeness (QED) is 0.0481. The molecule has 0 unspecified atom stereocenters. The topological polar surface area (TPSA) is 167 Å². The van der Waals surface area contributed by atoms with Crippen molar-refractivity contribution in [1.82, 2.24) is 10.2 Å². The average Bonchev–Trinajstić information content (AvgIpc) is 3.63. The monoisotopic (exact) mass is 914 g/mol. The van der Waals surface area contributed by atoms with Crippen molar-refractivity contribution in [2.24, 2.45) is 0 Å². The number of likely N-dealkylation sites (N-methyl/N-ethyl adjacent to an activating group) is 1. The molecule has 65 heavy (non-hydrogen) atoms. The van der Waals surface area contributed by atoms with Gasteiger partial charge in [0.15, 0.2) is 12.4 Å². The van der Waals surface area contributed by atoms with E-state index in [0.717, 1.165) is 50.2 Å². The van der Waals surface area contributed by atoms with Crippen LogP contribution in [0.5, 0.6) is 0 Å². The summed E-state index contributed by atoms with van der Waals surface area (Å²) in [6, 6.07) is 13.2. The highest BCUT2D eigenvalue weighted by Gasteiger charge is 2.53. The van der Waals surface area contributed by atoms with Crippen molar-refractivity contribution in [2.45, 2.75) is 160 Å². The molecule has 1 aliphatic carbocycles. The van der Waals surface area contributed by atoms with E-state index in [1.807, 2.05) is 30.3 Å². The number of aliphatic hydroxyl groups excluding tert-OH is 1. The van der Waals surface area contributed by atoms with Crippen LogP contribution in [0.25, 0.3) is 6.08 Å². The van der Waals surface area contributed by atoms with Crippen LogP contribution in [0.4, 0.5) is 13.2 Å². The first-order chi connectivity index (χ1) is 30.7. The van der Waals surface area contributed by atoms with Gasteiger partial charge in [0.1, 0.15) is 30.0 Å². The Balaban J connectivity index is 1.64. The summed E-state index contributed by atoms with van der Waals surface area (Å²) in [6.45, 7) is 7.21. The molecular formula is C49H65F3N2O11. The zero-order valence-corrected chi connectivity index (χ0v) is 38.3. The molecule has 0 spiro atoms. The number of fused-ring (bicyclic) bond motifs is 1. The van der Waals surface area contributed by atoms with Crippen LogP contribution in [0.15, 0.2) is 72.3 Å². The van der Waals surface area contributed by atoms with Gasteiger partial charge in [-0.1, -0.05) is 82.0 Å². The van der Waals surface area contributed by atoms with Gasteiger partial charge < -0.3 is 39.0 Å². The summed E-state index contributed by atoms with van der Waals surface area (Å²) in [6.07, 6.45) is 3.04. The number of benzene rings is 2. The zero-order valence-electron chi connectivity index (χ0n) is 38.3. The first-order valence-electron chi connectivity index (χ1n) is 22.5. The van der Waals surface area contributed by atoms with Crippen molar-refractivity contribution < 1.29 is 65.9 Å². The van der Waals surface area contributed by atoms with E-state index in [4.69, 9.17) is 18.9 Å². The largest absolute Gasteiger partial charge is 0.460 e. The molecule has 2 aliphatic rings. The van der Waals surface area contributed by atoms with E-state index in [1.165, 1.54) is 42.3 Å². The second kappa shape index (κ2) is 24.5. The van der Waals surface area contributed by atoms with Crippen molar-refractivity contribution in [3.63, 3.8) is 0 Å². The zero-order chi connectivity index (χ0) is 47.8. The molecule has 1 heterocycles. The molecule has 4 rings (SSSR count). The first-order valence-corrected chi connectivity index (χ1v) is 22.5. The van der Waals surface area contributed by atoms with Crippen molar-refractivity contribution in [1.29, 1.82) is 0 Å². The number of nitrogens with zero attached hydrogens (tertiary/aromatic N) is 1. The molecular weight excluding hydrogens is 850 g/mol. The molecule has 1 fully saturated rings. The highest BCUT2D eigenvalue weighted by molar-refractivity contribution is 5.97. The number of carbonyl (C=O) groups excluding carboxylic acids is 5. The predicted molar refractivity (Wildman–Crippen MR) is 236 cm³/mol. The molecule has 1 aliphatic heterocycles. The smallest absolute Gasteiger partial charge is 0.422 e. The second-order valence-electron chi connectivity index (χ2n) is 17.6. The van der Waals surface area contributed by atoms with Crippen molar-refractivity contribution in [3.05, 3.63) is 89.0 Å². The van der Waals surface area contributed by atoms with Crippen molar-refractivity contribution >= 4 is 35.8 Å². The van der Waals surface area contributed by atoms with Gasteiger partial charge in [-0.05, 0) is 75.4 Å². The van der Waals surface area contributed by atoms with Crippen molar-refractivity contribution in [3.8, 4) is 0 Å². The van der Waals surface area contributed by atoms with Gasteiger partial charge in [-0.2, -0.15) is 13.2 Å². The number of hydrogen-bond acceptors (Lipinski definition) is 11. The van der Waals surface area contributed by atoms with E-state index in [-0.39, 0.29) is 36.8 Å². The number of alkyl halides is 3. The van der Waals surface area contributed by atoms with Gasteiger partial charge >= 0.3 is 24.1 Å². The number of halogens is 3. The molecule has 0 saturated carbocycles. The molecule has 2 amide bonds. The van der Waals surface area contributed by atoms with Gasteiger partial charge in [0.25, 0.3) is 0 Å². The van der Waals surface area contributed by atoms with Crippen molar-refractivity contribution in [2.75, 3.05) is 20.3 Å². The van der Waals surface area contributed by atoms with E-state index in [2.05, 4.69) is 23.9 Å². The summed E-state index contributed by atoms with van der Waals surface area (Å²) in [5.41, 5.74) is 0.645. The SMILES string of the molecule is CCCCCC1(CCCCC)O[C@@H]2[C@@H](C=C(C(=O)N(C)[C@H](Cc3ccccc3)C(=O)N[C@H](CO)CCC(=O)OC(C)(C)C)C[C@H]2OC(=O)c2cccc(C=CC(=O)OCC(F)(F)F)c2)O1. The molecule has 2 aromatic rings. The van der Waals surface area contributed by atoms with E-state index >= 15 is 0 Å². The normalized spacial score (nSPS) is 19.1. The van der Waals surface area contributed by atoms with Gasteiger partial charge in [-0.25, -0.2) is 9.59 Å². The Morgan fingerprint density at radius 1 is 0.954 bits per heavy atom. The van der Waals surface area contributed by atoms with E-state index < -0.39 is 90.9 Å². The van der Waals surface area contributed by atoms with Crippen LogP contribution in [-0.4, -0.2) is 108 Å². The molecule has 13 nitrogen and oxygen atoms in total. The number of unbranched alkanes of at least 4 members (excludes halogenated alkanes) is 4. The fourth-order valence-corrected chi connectivity index (χ4v) is 7.73. The summed E-state index contributed by atoms with van der Waals surface area (Å²) in [7, 11) is 1.50. The minimum atomic E-state index is -4.69. The van der Waals surface area contributed by atoms with Gasteiger partial charge in [-0.15, -0.1) is 0 Å². The fraction of sp³-hybridized carbons (Fsp3) is 0.571. The molecule has 0 radical (unpaired) electrons. The maximum Gasteiger partial charge on any atom is 0.422 e. The molecule has 2 aromatic carbocycles. The Morgan fingerprint density at radius 3 is 2.25 bits per heavy atom. The van der Waals surface area contributed by atoms with Crippen LogP contribution in [0.2, 0.25) is 0 Å². The van der Waals surface area contributed by atoms with Gasteiger partial charge in [0.05, 0.1) is 18.2 Å². The lowest BCUT2D eigenvalue weighted by atomic mass is 9.90. The summed E-state index contributed by atoms with van der Waals surface area (Å²) in [4.78, 5) is 68.5. The summed E-state index contributed by atoms with van der Waals surface area (Å²) >= 11 is 0. The maximum atomic E-state index is 14.7. The van der Waals surface area contributed by atoms with Gasteiger partial charge in [0, 0.05) is 50.8 Å². The van der Waals surface area contributed by atoms with Crippen LogP contribution < -0.4 is 5.32 Å². The predicted octanol–water partition coefficient (Wildman–Crippen LogP) is 7.97. The lowest BCUT2D eigenvalue weighted by Gasteiger charge is -2.34. The summed E-state index contributed by atoms with van der Waals surface area (Å²) in [5, 5.41) is 13.0. The maximum absolute atomic E-state index is 14.7. The second-order valence-corrected chi connectivity index (χ2v) is 17.6. The highest BCUT2D eigenvalue weighted by atomic mass is 19.4. The number of carbonyl (C=O) groups is 5. The van der Waals surface area contributed by atoms with E-state index in [9.17, 15) is 42.3 Å². The number of esters is 3. The average molecular weight is 915 g/mol. The summed E-state index contributed by atoms with van der Waals surface area (Å²) < 4.78 is 66.9. The number of ether oxygens (including phenoxy) is 5. The molecule has 358 valence electrons. The van der Waals surface area contributed by atoms with Crippen LogP contribution in [0.1, 0.15) is 127 Å². The Morgan fingerprint density at radius 2 is 1.63 bits per heavy atom. The molecule has 0 bridgehead atoms. The number of aliphatic hydroxyl groups is 1. The number of rotatable bonds is 23. The first kappa shape index (κ1) is 52.6. The standard InChI is InChI=1S/C49H65F3N2O11/c1-7-9-14-25-48(26-15-10-8-2)63-40-30-36(29-39(43(40)65-48)62-46(60)35-20-16-19-34(27-35)21-23-41(56)61-32-49(50,51)52)45(59)54(6)38(28-33-17-12-11-13-18-33)44(58)53-37(31-55)22-24-42(57)64-47(3,4)5/h11-13,16-21,23,27,30,37-40,43,55H,7-10,14-15,22,24-26,28-29,31-32H2,1-6H3,(H,53,58)/t37-,38+,39+,40+,43-/m0/s1. The third-order valence-corrected chi connectivity index (χ3v) is 11.0. The Hall–Kier alpha value is -5.06. The highest BCUT2D eigenvalue weighted by Crippen LogP contribution is 2.43. The van der Waals surface area contributed by atoms with E-state index in [0.29, 0.717) is 18.4 Å². The minimum absolute atomic E-state index is 0.0576. The van der Waals surface area contributed by atoms with Crippen LogP contribution in [-0.2, 0) is 49.3 Å². The lowest BCUT2D eigenvalue weighted by molar-refractivity contribution is -0.190. The third-order valence-electron chi connectivity index (χ3n) is 11.0. The Labute approximate surface area is 380 Å². The summed E-state index contributed by atoms with van der Waals surface area (Å²) in [5.74, 6) is -4.58. The Bertz CT molecular complexity index is 1950. The van der Waals surface area contributed by atoms with Crippen LogP contribution >= 0.6 is 0 Å². The third kappa shape index (κ3) is 17.0. The minimum Gasteiger partial charge on any atom is -0.460 e. The Kier molecular flexibility index (Phi) is 19.8. The number of amides is 2. The molecule has 5 atom stereocenters. The van der Waals surface area contributed by atoms with E-state index in [1.54, 1.807) is 26.8 Å². The molecule has 0 aromatic heterocycles. The van der Waals surface area contributed by atoms with Crippen LogP contribution in [0.3, 0.4) is 0 Å². The molecule has 1 saturated heterocycles. The molecule has 2 N–H and O–H groups in total. The lowest BCUT2D eigenvalue weighted by Crippen LogP contribution is -2.53. The van der Waals surface area contributed by atoms with Gasteiger partial charge in [0.2, 0.25) is 11.8 Å². The molecule has 16 heteroatoms. The number of hydrogen-bond donors (Lipinski definition) is 2. The number of nitrogens with one attached hydrogen (secondary N) is 1. The van der Waals surface area contributed by atoms with Crippen LogP contribution in [0, 0.1) is 0 Å².